The Morgan fingerprint density at radius 1 is 1.08 bits per heavy atom. The number of likely N-dealkylation sites (tertiary alicyclic amines) is 1. The molecular weight excluding hydrogens is 345 g/mol. The van der Waals surface area contributed by atoms with Gasteiger partial charge in [0.15, 0.2) is 0 Å². The van der Waals surface area contributed by atoms with E-state index in [1.807, 2.05) is 6.07 Å². The summed E-state index contributed by atoms with van der Waals surface area (Å²) in [5.74, 6) is -2.00. The third kappa shape index (κ3) is 3.24. The number of halogens is 2. The Morgan fingerprint density at radius 3 is 2.32 bits per heavy atom. The minimum absolute atomic E-state index is 0.0879. The predicted octanol–water partition coefficient (Wildman–Crippen LogP) is 3.74. The fraction of sp³-hybridized carbons (Fsp3) is 0.263. The molecule has 25 heavy (non-hydrogen) atoms. The van der Waals surface area contributed by atoms with E-state index in [1.165, 1.54) is 17.0 Å². The summed E-state index contributed by atoms with van der Waals surface area (Å²) in [4.78, 5) is 26.0. The molecule has 0 spiro atoms. The van der Waals surface area contributed by atoms with E-state index >= 15 is 0 Å². The molecule has 0 atom stereocenters. The quantitative estimate of drug-likeness (QED) is 0.906. The second kappa shape index (κ2) is 6.84. The van der Waals surface area contributed by atoms with Gasteiger partial charge in [-0.1, -0.05) is 41.9 Å². The summed E-state index contributed by atoms with van der Waals surface area (Å²) in [5, 5.41) is 10.1. The van der Waals surface area contributed by atoms with E-state index in [4.69, 9.17) is 11.6 Å². The Bertz CT molecular complexity index is 802. The van der Waals surface area contributed by atoms with Crippen LogP contribution in [0, 0.1) is 5.82 Å². The molecule has 1 fully saturated rings. The lowest BCUT2D eigenvalue weighted by Crippen LogP contribution is -2.49. The van der Waals surface area contributed by atoms with Crippen molar-refractivity contribution in [1.29, 1.82) is 0 Å². The van der Waals surface area contributed by atoms with Crippen molar-refractivity contribution in [3.8, 4) is 0 Å². The van der Waals surface area contributed by atoms with Crippen LogP contribution in [-0.2, 0) is 10.2 Å². The molecule has 0 saturated carbocycles. The first-order valence-corrected chi connectivity index (χ1v) is 8.35. The molecular formula is C19H17ClFNO3. The summed E-state index contributed by atoms with van der Waals surface area (Å²) in [6.45, 7) is 0.484. The van der Waals surface area contributed by atoms with Crippen molar-refractivity contribution in [2.75, 3.05) is 13.1 Å². The molecule has 0 bridgehead atoms. The van der Waals surface area contributed by atoms with Gasteiger partial charge in [0.25, 0.3) is 5.91 Å². The highest BCUT2D eigenvalue weighted by Crippen LogP contribution is 2.36. The summed E-state index contributed by atoms with van der Waals surface area (Å²) in [7, 11) is 0. The lowest BCUT2D eigenvalue weighted by Gasteiger charge is -2.39. The van der Waals surface area contributed by atoms with Gasteiger partial charge in [-0.3, -0.25) is 9.59 Å². The lowest BCUT2D eigenvalue weighted by atomic mass is 9.72. The van der Waals surface area contributed by atoms with Crippen LogP contribution in [0.15, 0.2) is 48.5 Å². The van der Waals surface area contributed by atoms with E-state index < -0.39 is 23.1 Å². The number of carbonyl (C=O) groups is 2. The normalized spacial score (nSPS) is 16.5. The van der Waals surface area contributed by atoms with Gasteiger partial charge in [0, 0.05) is 18.1 Å². The van der Waals surface area contributed by atoms with Crippen molar-refractivity contribution in [2.45, 2.75) is 18.3 Å². The number of piperidine rings is 1. The van der Waals surface area contributed by atoms with Crippen LogP contribution in [0.4, 0.5) is 4.39 Å². The Morgan fingerprint density at radius 2 is 1.72 bits per heavy atom. The zero-order valence-corrected chi connectivity index (χ0v) is 14.2. The highest BCUT2D eigenvalue weighted by atomic mass is 35.5. The number of benzene rings is 2. The van der Waals surface area contributed by atoms with E-state index in [2.05, 4.69) is 0 Å². The van der Waals surface area contributed by atoms with Crippen molar-refractivity contribution in [3.05, 3.63) is 70.5 Å². The van der Waals surface area contributed by atoms with E-state index in [-0.39, 0.29) is 36.5 Å². The van der Waals surface area contributed by atoms with Crippen LogP contribution in [0.25, 0.3) is 0 Å². The monoisotopic (exact) mass is 361 g/mol. The Hall–Kier alpha value is -2.40. The maximum absolute atomic E-state index is 13.9. The predicted molar refractivity (Wildman–Crippen MR) is 92.3 cm³/mol. The zero-order valence-electron chi connectivity index (χ0n) is 13.4. The molecule has 1 aliphatic rings. The maximum atomic E-state index is 13.9. The van der Waals surface area contributed by atoms with Crippen LogP contribution in [0.5, 0.6) is 0 Å². The number of hydrogen-bond donors (Lipinski definition) is 1. The average molecular weight is 362 g/mol. The van der Waals surface area contributed by atoms with Crippen molar-refractivity contribution in [3.63, 3.8) is 0 Å². The molecule has 1 N–H and O–H groups in total. The zero-order chi connectivity index (χ0) is 18.0. The second-order valence-corrected chi connectivity index (χ2v) is 6.61. The molecule has 1 saturated heterocycles. The molecule has 2 aromatic rings. The molecule has 6 heteroatoms. The minimum Gasteiger partial charge on any atom is -0.481 e. The van der Waals surface area contributed by atoms with Gasteiger partial charge in [0.2, 0.25) is 0 Å². The molecule has 3 rings (SSSR count). The highest BCUT2D eigenvalue weighted by Gasteiger charge is 2.44. The van der Waals surface area contributed by atoms with Crippen LogP contribution >= 0.6 is 11.6 Å². The van der Waals surface area contributed by atoms with E-state index in [0.717, 1.165) is 11.6 Å². The maximum Gasteiger partial charge on any atom is 0.314 e. The van der Waals surface area contributed by atoms with Crippen molar-refractivity contribution in [1.82, 2.24) is 4.90 Å². The fourth-order valence-electron chi connectivity index (χ4n) is 3.31. The topological polar surface area (TPSA) is 57.6 Å². The van der Waals surface area contributed by atoms with E-state index in [9.17, 15) is 19.1 Å². The van der Waals surface area contributed by atoms with Crippen molar-refractivity contribution >= 4 is 23.5 Å². The molecule has 2 aromatic carbocycles. The van der Waals surface area contributed by atoms with Gasteiger partial charge in [0.1, 0.15) is 5.82 Å². The van der Waals surface area contributed by atoms with Gasteiger partial charge >= 0.3 is 5.97 Å². The van der Waals surface area contributed by atoms with Crippen LogP contribution in [0.2, 0.25) is 5.02 Å². The van der Waals surface area contributed by atoms with Gasteiger partial charge in [-0.25, -0.2) is 4.39 Å². The van der Waals surface area contributed by atoms with Gasteiger partial charge in [-0.2, -0.15) is 0 Å². The number of hydrogen-bond acceptors (Lipinski definition) is 2. The summed E-state index contributed by atoms with van der Waals surface area (Å²) in [6, 6.07) is 12.9. The Balaban J connectivity index is 1.82. The molecule has 130 valence electrons. The summed E-state index contributed by atoms with van der Waals surface area (Å²) >= 11 is 5.85. The standard InChI is InChI=1S/C19H17ClFNO3/c20-14-6-7-16(21)15(12-14)17(23)22-10-8-19(9-11-22,18(24)25)13-4-2-1-3-5-13/h1-7,12H,8-11H2,(H,24,25). The minimum atomic E-state index is -1.02. The smallest absolute Gasteiger partial charge is 0.314 e. The molecule has 0 aliphatic carbocycles. The van der Waals surface area contributed by atoms with Gasteiger partial charge in [-0.05, 0) is 36.6 Å². The van der Waals surface area contributed by atoms with Crippen molar-refractivity contribution < 1.29 is 19.1 Å². The Labute approximate surface area is 149 Å². The number of carbonyl (C=O) groups excluding carboxylic acids is 1. The Kier molecular flexibility index (Phi) is 4.77. The molecule has 0 unspecified atom stereocenters. The van der Waals surface area contributed by atoms with E-state index in [1.54, 1.807) is 24.3 Å². The molecule has 0 aromatic heterocycles. The molecule has 4 nitrogen and oxygen atoms in total. The largest absolute Gasteiger partial charge is 0.481 e. The van der Waals surface area contributed by atoms with Crippen molar-refractivity contribution in [2.24, 2.45) is 0 Å². The average Bonchev–Trinajstić information content (AvgIpc) is 2.64. The van der Waals surface area contributed by atoms with Gasteiger partial charge < -0.3 is 10.0 Å². The SMILES string of the molecule is O=C(c1cc(Cl)ccc1F)N1CCC(C(=O)O)(c2ccccc2)CC1. The number of carboxylic acids is 1. The van der Waals surface area contributed by atoms with Crippen LogP contribution in [0.3, 0.4) is 0 Å². The number of nitrogens with zero attached hydrogens (tertiary/aromatic N) is 1. The van der Waals surface area contributed by atoms with Gasteiger partial charge in [-0.15, -0.1) is 0 Å². The third-order valence-corrected chi connectivity index (χ3v) is 5.03. The molecule has 1 heterocycles. The first kappa shape index (κ1) is 17.4. The molecule has 0 radical (unpaired) electrons. The van der Waals surface area contributed by atoms with Crippen LogP contribution in [-0.4, -0.2) is 35.0 Å². The molecule has 1 aliphatic heterocycles. The van der Waals surface area contributed by atoms with Crippen LogP contribution in [0.1, 0.15) is 28.8 Å². The number of amides is 1. The van der Waals surface area contributed by atoms with Gasteiger partial charge in [0.05, 0.1) is 11.0 Å². The third-order valence-electron chi connectivity index (χ3n) is 4.80. The number of carboxylic acid groups (broad SMARTS) is 1. The number of rotatable bonds is 3. The summed E-state index contributed by atoms with van der Waals surface area (Å²) < 4.78 is 13.9. The van der Waals surface area contributed by atoms with Crippen LogP contribution < -0.4 is 0 Å². The lowest BCUT2D eigenvalue weighted by molar-refractivity contribution is -0.145. The van der Waals surface area contributed by atoms with E-state index in [0.29, 0.717) is 0 Å². The highest BCUT2D eigenvalue weighted by molar-refractivity contribution is 6.31. The summed E-state index contributed by atoms with van der Waals surface area (Å²) in [5.41, 5.74) is -0.385. The summed E-state index contributed by atoms with van der Waals surface area (Å²) in [6.07, 6.45) is 0.556. The molecule has 1 amide bonds. The first-order chi connectivity index (χ1) is 11.9. The fourth-order valence-corrected chi connectivity index (χ4v) is 3.48. The number of aliphatic carboxylic acids is 1. The second-order valence-electron chi connectivity index (χ2n) is 6.17. The first-order valence-electron chi connectivity index (χ1n) is 7.97.